The number of hydrogen-bond acceptors (Lipinski definition) is 4. The van der Waals surface area contributed by atoms with E-state index in [9.17, 15) is 0 Å². The van der Waals surface area contributed by atoms with Crippen molar-refractivity contribution in [1.29, 1.82) is 0 Å². The van der Waals surface area contributed by atoms with Crippen LogP contribution >= 0.6 is 11.6 Å². The Morgan fingerprint density at radius 3 is 3.14 bits per heavy atom. The molecule has 2 aromatic rings. The fourth-order valence-corrected chi connectivity index (χ4v) is 3.68. The second kappa shape index (κ2) is 6.82. The molecule has 3 rings (SSSR count). The molecule has 4 nitrogen and oxygen atoms in total. The number of anilines is 1. The fraction of sp³-hybridized carbons (Fsp3) is 0.471. The highest BCUT2D eigenvalue weighted by molar-refractivity contribution is 6.36. The Balaban J connectivity index is 2.17. The molecule has 0 saturated carbocycles. The Bertz CT molecular complexity index is 662. The van der Waals surface area contributed by atoms with E-state index in [0.717, 1.165) is 41.9 Å². The van der Waals surface area contributed by atoms with E-state index in [1.54, 1.807) is 7.11 Å². The van der Waals surface area contributed by atoms with Crippen molar-refractivity contribution >= 4 is 28.2 Å². The van der Waals surface area contributed by atoms with Gasteiger partial charge in [0, 0.05) is 25.2 Å². The molecule has 5 heteroatoms. The molecule has 0 aliphatic carbocycles. The third-order valence-corrected chi connectivity index (χ3v) is 4.64. The van der Waals surface area contributed by atoms with Crippen LogP contribution < -0.4 is 10.6 Å². The van der Waals surface area contributed by atoms with Crippen molar-refractivity contribution in [2.75, 3.05) is 31.7 Å². The van der Waals surface area contributed by atoms with Gasteiger partial charge in [0.15, 0.2) is 0 Å². The average molecular weight is 320 g/mol. The summed E-state index contributed by atoms with van der Waals surface area (Å²) in [5.41, 5.74) is 9.15. The van der Waals surface area contributed by atoms with Gasteiger partial charge in [-0.05, 0) is 49.6 Å². The van der Waals surface area contributed by atoms with E-state index >= 15 is 0 Å². The Hall–Kier alpha value is -1.36. The molecule has 1 aromatic carbocycles. The van der Waals surface area contributed by atoms with E-state index in [-0.39, 0.29) is 0 Å². The third kappa shape index (κ3) is 2.78. The topological polar surface area (TPSA) is 51.4 Å². The van der Waals surface area contributed by atoms with E-state index in [4.69, 9.17) is 22.1 Å². The van der Waals surface area contributed by atoms with E-state index in [0.29, 0.717) is 12.6 Å². The quantitative estimate of drug-likeness (QED) is 0.920. The van der Waals surface area contributed by atoms with Crippen LogP contribution in [0.5, 0.6) is 0 Å². The minimum Gasteiger partial charge on any atom is -0.383 e. The number of nitrogens with two attached hydrogens (primary N) is 1. The van der Waals surface area contributed by atoms with Crippen molar-refractivity contribution in [3.05, 3.63) is 35.0 Å². The van der Waals surface area contributed by atoms with Crippen LogP contribution in [-0.2, 0) is 11.2 Å². The molecule has 1 aromatic heterocycles. The summed E-state index contributed by atoms with van der Waals surface area (Å²) in [5.74, 6) is 0. The first kappa shape index (κ1) is 15.5. The Morgan fingerprint density at radius 1 is 1.50 bits per heavy atom. The molecule has 0 unspecified atom stereocenters. The number of benzene rings is 1. The highest BCUT2D eigenvalue weighted by Gasteiger charge is 2.28. The maximum atomic E-state index is 6.45. The van der Waals surface area contributed by atoms with Crippen LogP contribution in [0.1, 0.15) is 18.4 Å². The zero-order valence-corrected chi connectivity index (χ0v) is 13.6. The number of rotatable bonds is 5. The number of fused-ring (bicyclic) bond motifs is 1. The lowest BCUT2D eigenvalue weighted by Crippen LogP contribution is -2.34. The largest absolute Gasteiger partial charge is 0.383 e. The lowest BCUT2D eigenvalue weighted by atomic mass is 10.0. The van der Waals surface area contributed by atoms with Gasteiger partial charge in [-0.1, -0.05) is 11.6 Å². The molecule has 118 valence electrons. The van der Waals surface area contributed by atoms with Gasteiger partial charge in [-0.2, -0.15) is 0 Å². The van der Waals surface area contributed by atoms with Gasteiger partial charge in [-0.15, -0.1) is 0 Å². The number of hydrogen-bond donors (Lipinski definition) is 1. The molecule has 0 amide bonds. The Kier molecular flexibility index (Phi) is 4.81. The number of ether oxygens (including phenoxy) is 1. The van der Waals surface area contributed by atoms with Crippen molar-refractivity contribution in [2.45, 2.75) is 25.3 Å². The number of nitrogens with zero attached hydrogens (tertiary/aromatic N) is 2. The lowest BCUT2D eigenvalue weighted by Gasteiger charge is -2.29. The monoisotopic (exact) mass is 319 g/mol. The summed E-state index contributed by atoms with van der Waals surface area (Å²) in [6.45, 7) is 2.36. The second-order valence-electron chi connectivity index (χ2n) is 5.75. The van der Waals surface area contributed by atoms with Gasteiger partial charge in [0.05, 0.1) is 28.9 Å². The maximum Gasteiger partial charge on any atom is 0.0953 e. The summed E-state index contributed by atoms with van der Waals surface area (Å²) in [6.07, 6.45) is 4.95. The number of methoxy groups -OCH3 is 1. The fourth-order valence-electron chi connectivity index (χ4n) is 3.40. The molecular formula is C17H22ClN3O. The summed E-state index contributed by atoms with van der Waals surface area (Å²) < 4.78 is 5.40. The van der Waals surface area contributed by atoms with Crippen molar-refractivity contribution in [1.82, 2.24) is 4.98 Å². The zero-order chi connectivity index (χ0) is 15.5. The summed E-state index contributed by atoms with van der Waals surface area (Å²) in [5, 5.41) is 1.75. The van der Waals surface area contributed by atoms with Crippen LogP contribution in [0.15, 0.2) is 24.4 Å². The summed E-state index contributed by atoms with van der Waals surface area (Å²) in [6, 6.07) is 6.41. The van der Waals surface area contributed by atoms with Gasteiger partial charge in [0.25, 0.3) is 0 Å². The zero-order valence-electron chi connectivity index (χ0n) is 12.9. The molecule has 2 heterocycles. The lowest BCUT2D eigenvalue weighted by molar-refractivity contribution is 0.181. The molecule has 2 N–H and O–H groups in total. The van der Waals surface area contributed by atoms with Gasteiger partial charge in [-0.25, -0.2) is 0 Å². The van der Waals surface area contributed by atoms with Crippen molar-refractivity contribution in [3.63, 3.8) is 0 Å². The molecule has 1 saturated heterocycles. The van der Waals surface area contributed by atoms with E-state index in [1.807, 2.05) is 18.3 Å². The molecule has 1 aliphatic heterocycles. The molecule has 0 spiro atoms. The Labute approximate surface area is 136 Å². The minimum absolute atomic E-state index is 0.396. The first-order valence-electron chi connectivity index (χ1n) is 7.78. The minimum atomic E-state index is 0.396. The molecule has 1 atom stereocenters. The first-order chi connectivity index (χ1) is 10.8. The average Bonchev–Trinajstić information content (AvgIpc) is 2.96. The first-order valence-corrected chi connectivity index (χ1v) is 8.15. The van der Waals surface area contributed by atoms with Gasteiger partial charge >= 0.3 is 0 Å². The third-order valence-electron chi connectivity index (χ3n) is 4.33. The van der Waals surface area contributed by atoms with Crippen LogP contribution in [0, 0.1) is 0 Å². The normalized spacial score (nSPS) is 18.3. The summed E-state index contributed by atoms with van der Waals surface area (Å²) in [4.78, 5) is 7.05. The van der Waals surface area contributed by atoms with Crippen LogP contribution in [0.25, 0.3) is 10.9 Å². The van der Waals surface area contributed by atoms with Crippen LogP contribution in [0.2, 0.25) is 5.02 Å². The SMILES string of the molecule is COC[C@H]1CCCN1c1c(CCN)cc(Cl)c2cccnc12. The molecule has 22 heavy (non-hydrogen) atoms. The Morgan fingerprint density at radius 2 is 2.36 bits per heavy atom. The smallest absolute Gasteiger partial charge is 0.0953 e. The van der Waals surface area contributed by atoms with E-state index in [2.05, 4.69) is 16.0 Å². The molecule has 0 radical (unpaired) electrons. The van der Waals surface area contributed by atoms with E-state index in [1.165, 1.54) is 17.7 Å². The molecule has 1 aliphatic rings. The molecule has 0 bridgehead atoms. The number of aromatic nitrogens is 1. The number of halogens is 1. The maximum absolute atomic E-state index is 6.45. The van der Waals surface area contributed by atoms with Crippen molar-refractivity contribution in [3.8, 4) is 0 Å². The molecular weight excluding hydrogens is 298 g/mol. The standard InChI is InChI=1S/C17H22ClN3O/c1-22-11-13-4-3-9-21(13)17-12(6-7-19)10-15(18)14-5-2-8-20-16(14)17/h2,5,8,10,13H,3-4,6-7,9,11,19H2,1H3/t13-/m1/s1. The highest BCUT2D eigenvalue weighted by atomic mass is 35.5. The predicted octanol–water partition coefficient (Wildman–Crippen LogP) is 3.00. The second-order valence-corrected chi connectivity index (χ2v) is 6.16. The van der Waals surface area contributed by atoms with Gasteiger partial charge < -0.3 is 15.4 Å². The van der Waals surface area contributed by atoms with Crippen LogP contribution in [0.3, 0.4) is 0 Å². The van der Waals surface area contributed by atoms with Gasteiger partial charge in [-0.3, -0.25) is 4.98 Å². The van der Waals surface area contributed by atoms with Crippen LogP contribution in [-0.4, -0.2) is 37.8 Å². The highest BCUT2D eigenvalue weighted by Crippen LogP contribution is 2.38. The van der Waals surface area contributed by atoms with Crippen LogP contribution in [0.4, 0.5) is 5.69 Å². The van der Waals surface area contributed by atoms with E-state index < -0.39 is 0 Å². The van der Waals surface area contributed by atoms with Gasteiger partial charge in [0.1, 0.15) is 0 Å². The predicted molar refractivity (Wildman–Crippen MR) is 91.8 cm³/mol. The number of pyridine rings is 1. The van der Waals surface area contributed by atoms with Crippen molar-refractivity contribution in [2.24, 2.45) is 5.73 Å². The summed E-state index contributed by atoms with van der Waals surface area (Å²) >= 11 is 6.45. The van der Waals surface area contributed by atoms with Crippen molar-refractivity contribution < 1.29 is 4.74 Å². The summed E-state index contributed by atoms with van der Waals surface area (Å²) in [7, 11) is 1.76. The van der Waals surface area contributed by atoms with Gasteiger partial charge in [0.2, 0.25) is 0 Å². The molecule has 1 fully saturated rings.